The second-order valence-corrected chi connectivity index (χ2v) is 6.58. The molecule has 138 valence electrons. The highest BCUT2D eigenvalue weighted by molar-refractivity contribution is 5.91. The molecule has 0 saturated heterocycles. The molecule has 0 fully saturated rings. The smallest absolute Gasteiger partial charge is 0.156 e. The van der Waals surface area contributed by atoms with Crippen molar-refractivity contribution in [3.05, 3.63) is 72.3 Å². The molecule has 0 bridgehead atoms. The van der Waals surface area contributed by atoms with E-state index in [-0.39, 0.29) is 5.82 Å². The van der Waals surface area contributed by atoms with Crippen molar-refractivity contribution in [3.63, 3.8) is 0 Å². The molecular weight excluding hydrogens is 357 g/mol. The Hall–Kier alpha value is -3.81. The fourth-order valence-electron chi connectivity index (χ4n) is 3.24. The van der Waals surface area contributed by atoms with E-state index in [2.05, 4.69) is 25.3 Å². The lowest BCUT2D eigenvalue weighted by Gasteiger charge is -2.03. The molecule has 8 heteroatoms. The van der Waals surface area contributed by atoms with E-state index in [9.17, 15) is 4.39 Å². The zero-order chi connectivity index (χ0) is 19.1. The summed E-state index contributed by atoms with van der Waals surface area (Å²) in [5.74, 6) is -0.238. The van der Waals surface area contributed by atoms with Crippen molar-refractivity contribution in [1.29, 1.82) is 0 Å². The Kier molecular flexibility index (Phi) is 3.75. The topological polar surface area (TPSA) is 88.1 Å². The number of aromatic nitrogens is 7. The van der Waals surface area contributed by atoms with Gasteiger partial charge in [-0.05, 0) is 13.0 Å². The van der Waals surface area contributed by atoms with E-state index in [1.165, 1.54) is 6.07 Å². The molecule has 4 heterocycles. The van der Waals surface area contributed by atoms with Crippen LogP contribution in [0.5, 0.6) is 0 Å². The summed E-state index contributed by atoms with van der Waals surface area (Å²) < 4.78 is 15.6. The zero-order valence-electron chi connectivity index (χ0n) is 15.0. The standard InChI is InChI=1S/C20H16FN7/c1-12-15(8-24-27-12)18-9-23-20-19(26-18)16(7-22-20)14-6-25-28(11-14)10-13-4-2-3-5-17(13)21/h2-9,11H,10H2,1H3,(H,22,23)(H,24,27). The molecule has 0 aliphatic rings. The highest BCUT2D eigenvalue weighted by atomic mass is 19.1. The highest BCUT2D eigenvalue weighted by Crippen LogP contribution is 2.28. The van der Waals surface area contributed by atoms with Crippen molar-refractivity contribution in [1.82, 2.24) is 34.9 Å². The first-order valence-corrected chi connectivity index (χ1v) is 8.80. The van der Waals surface area contributed by atoms with Crippen molar-refractivity contribution in [2.75, 3.05) is 0 Å². The molecule has 0 aliphatic heterocycles. The predicted molar refractivity (Wildman–Crippen MR) is 103 cm³/mol. The van der Waals surface area contributed by atoms with Gasteiger partial charge in [0.2, 0.25) is 0 Å². The van der Waals surface area contributed by atoms with Crippen LogP contribution in [0.25, 0.3) is 33.5 Å². The molecule has 2 N–H and O–H groups in total. The maximum atomic E-state index is 13.9. The normalized spacial score (nSPS) is 11.4. The minimum Gasteiger partial charge on any atom is -0.344 e. The largest absolute Gasteiger partial charge is 0.344 e. The average Bonchev–Trinajstić information content (AvgIpc) is 3.42. The van der Waals surface area contributed by atoms with Gasteiger partial charge in [0.25, 0.3) is 0 Å². The molecule has 7 nitrogen and oxygen atoms in total. The summed E-state index contributed by atoms with van der Waals surface area (Å²) in [6, 6.07) is 6.70. The summed E-state index contributed by atoms with van der Waals surface area (Å²) in [7, 11) is 0. The Morgan fingerprint density at radius 1 is 1.11 bits per heavy atom. The van der Waals surface area contributed by atoms with Gasteiger partial charge in [-0.1, -0.05) is 18.2 Å². The number of rotatable bonds is 4. The van der Waals surface area contributed by atoms with Crippen LogP contribution < -0.4 is 0 Å². The summed E-state index contributed by atoms with van der Waals surface area (Å²) in [5.41, 5.74) is 6.42. The van der Waals surface area contributed by atoms with E-state index in [0.29, 0.717) is 17.8 Å². The third-order valence-electron chi connectivity index (χ3n) is 4.72. The van der Waals surface area contributed by atoms with Crippen molar-refractivity contribution in [3.8, 4) is 22.4 Å². The fourth-order valence-corrected chi connectivity index (χ4v) is 3.24. The molecule has 0 aliphatic carbocycles. The number of aromatic amines is 2. The average molecular weight is 373 g/mol. The third kappa shape index (κ3) is 2.75. The number of nitrogens with one attached hydrogen (secondary N) is 2. The molecule has 5 rings (SSSR count). The Morgan fingerprint density at radius 3 is 2.82 bits per heavy atom. The molecule has 5 aromatic rings. The Balaban J connectivity index is 1.52. The van der Waals surface area contributed by atoms with Crippen molar-refractivity contribution < 1.29 is 4.39 Å². The van der Waals surface area contributed by atoms with E-state index in [0.717, 1.165) is 33.6 Å². The SMILES string of the molecule is Cc1[nH]ncc1-c1cnc2[nH]cc(-c3cnn(Cc4ccccc4F)c3)c2n1. The predicted octanol–water partition coefficient (Wildman–Crippen LogP) is 3.71. The fraction of sp³-hybridized carbons (Fsp3) is 0.100. The monoisotopic (exact) mass is 373 g/mol. The summed E-state index contributed by atoms with van der Waals surface area (Å²) in [5, 5.41) is 11.3. The Morgan fingerprint density at radius 2 is 2.00 bits per heavy atom. The number of hydrogen-bond acceptors (Lipinski definition) is 4. The minimum absolute atomic E-state index is 0.238. The van der Waals surface area contributed by atoms with Gasteiger partial charge in [-0.2, -0.15) is 10.2 Å². The van der Waals surface area contributed by atoms with Crippen molar-refractivity contribution >= 4 is 11.2 Å². The van der Waals surface area contributed by atoms with Gasteiger partial charge in [0, 0.05) is 40.3 Å². The summed E-state index contributed by atoms with van der Waals surface area (Å²) in [4.78, 5) is 12.4. The first kappa shape index (κ1) is 16.4. The Bertz CT molecular complexity index is 1280. The number of hydrogen-bond donors (Lipinski definition) is 2. The maximum absolute atomic E-state index is 13.9. The van der Waals surface area contributed by atoms with Gasteiger partial charge in [0.05, 0.1) is 30.8 Å². The lowest BCUT2D eigenvalue weighted by molar-refractivity contribution is 0.585. The van der Waals surface area contributed by atoms with Gasteiger partial charge < -0.3 is 4.98 Å². The molecular formula is C20H16FN7. The molecule has 4 aromatic heterocycles. The lowest BCUT2D eigenvalue weighted by atomic mass is 10.1. The van der Waals surface area contributed by atoms with Crippen LogP contribution in [-0.2, 0) is 6.54 Å². The quantitative estimate of drug-likeness (QED) is 0.503. The summed E-state index contributed by atoms with van der Waals surface area (Å²) >= 11 is 0. The number of fused-ring (bicyclic) bond motifs is 1. The number of aryl methyl sites for hydroxylation is 1. The van der Waals surface area contributed by atoms with Gasteiger partial charge in [-0.3, -0.25) is 9.78 Å². The van der Waals surface area contributed by atoms with Crippen LogP contribution in [0.15, 0.2) is 55.2 Å². The van der Waals surface area contributed by atoms with Crippen molar-refractivity contribution in [2.24, 2.45) is 0 Å². The van der Waals surface area contributed by atoms with Gasteiger partial charge in [0.15, 0.2) is 5.65 Å². The second-order valence-electron chi connectivity index (χ2n) is 6.58. The van der Waals surface area contributed by atoms with Crippen molar-refractivity contribution in [2.45, 2.75) is 13.5 Å². The van der Waals surface area contributed by atoms with Gasteiger partial charge in [0.1, 0.15) is 11.3 Å². The molecule has 0 atom stereocenters. The van der Waals surface area contributed by atoms with Crippen LogP contribution in [-0.4, -0.2) is 34.9 Å². The molecule has 0 amide bonds. The van der Waals surface area contributed by atoms with E-state index in [4.69, 9.17) is 4.98 Å². The summed E-state index contributed by atoms with van der Waals surface area (Å²) in [6.45, 7) is 2.30. The van der Waals surface area contributed by atoms with Crippen LogP contribution >= 0.6 is 0 Å². The number of H-pyrrole nitrogens is 2. The van der Waals surface area contributed by atoms with Crippen LogP contribution in [0.1, 0.15) is 11.3 Å². The van der Waals surface area contributed by atoms with Crippen LogP contribution in [0.3, 0.4) is 0 Å². The maximum Gasteiger partial charge on any atom is 0.156 e. The van der Waals surface area contributed by atoms with Gasteiger partial charge in [-0.15, -0.1) is 0 Å². The van der Waals surface area contributed by atoms with E-state index < -0.39 is 0 Å². The minimum atomic E-state index is -0.238. The van der Waals surface area contributed by atoms with E-state index in [1.807, 2.05) is 25.4 Å². The molecule has 0 radical (unpaired) electrons. The molecule has 0 spiro atoms. The van der Waals surface area contributed by atoms with Gasteiger partial charge in [-0.25, -0.2) is 14.4 Å². The third-order valence-corrected chi connectivity index (χ3v) is 4.72. The van der Waals surface area contributed by atoms with E-state index >= 15 is 0 Å². The second kappa shape index (κ2) is 6.41. The van der Waals surface area contributed by atoms with Gasteiger partial charge >= 0.3 is 0 Å². The number of halogens is 1. The lowest BCUT2D eigenvalue weighted by Crippen LogP contribution is -2.01. The number of benzene rings is 1. The highest BCUT2D eigenvalue weighted by Gasteiger charge is 2.14. The number of nitrogens with zero attached hydrogens (tertiary/aromatic N) is 5. The molecule has 1 aromatic carbocycles. The molecule has 0 saturated carbocycles. The summed E-state index contributed by atoms with van der Waals surface area (Å²) in [6.07, 6.45) is 8.96. The van der Waals surface area contributed by atoms with Crippen LogP contribution in [0, 0.1) is 12.7 Å². The van der Waals surface area contributed by atoms with Crippen LogP contribution in [0.2, 0.25) is 0 Å². The van der Waals surface area contributed by atoms with E-state index in [1.54, 1.807) is 35.4 Å². The van der Waals surface area contributed by atoms with Crippen LogP contribution in [0.4, 0.5) is 4.39 Å². The first-order valence-electron chi connectivity index (χ1n) is 8.80. The molecule has 28 heavy (non-hydrogen) atoms. The Labute approximate surface area is 159 Å². The zero-order valence-corrected chi connectivity index (χ0v) is 15.0. The first-order chi connectivity index (χ1) is 13.7. The molecule has 0 unspecified atom stereocenters.